The van der Waals surface area contributed by atoms with Crippen LogP contribution in [-0.4, -0.2) is 5.78 Å². The molecular formula is C16H19NO3. The minimum Gasteiger partial charge on any atom is -0.468 e. The molecule has 4 heteroatoms. The summed E-state index contributed by atoms with van der Waals surface area (Å²) in [6, 6.07) is 7.35. The number of rotatable bonds is 3. The van der Waals surface area contributed by atoms with Crippen LogP contribution < -0.4 is 5.32 Å². The second-order valence-corrected chi connectivity index (χ2v) is 5.67. The fourth-order valence-electron chi connectivity index (χ4n) is 3.06. The van der Waals surface area contributed by atoms with Gasteiger partial charge in [-0.1, -0.05) is 13.8 Å². The first kappa shape index (κ1) is 13.2. The molecule has 0 unspecified atom stereocenters. The lowest BCUT2D eigenvalue weighted by Crippen LogP contribution is -2.44. The summed E-state index contributed by atoms with van der Waals surface area (Å²) in [6.07, 6.45) is 3.75. The van der Waals surface area contributed by atoms with E-state index in [1.165, 1.54) is 0 Å². The Hall–Kier alpha value is -1.81. The molecule has 1 aliphatic heterocycles. The summed E-state index contributed by atoms with van der Waals surface area (Å²) >= 11 is 0. The summed E-state index contributed by atoms with van der Waals surface area (Å²) in [7, 11) is 0. The van der Waals surface area contributed by atoms with Crippen molar-refractivity contribution in [3.8, 4) is 0 Å². The third-order valence-electron chi connectivity index (χ3n) is 3.97. The smallest absolute Gasteiger partial charge is 0.140 e. The zero-order valence-corrected chi connectivity index (χ0v) is 11.7. The highest BCUT2D eigenvalue weighted by Gasteiger charge is 2.41. The van der Waals surface area contributed by atoms with Gasteiger partial charge in [0.05, 0.1) is 24.6 Å². The molecule has 1 saturated heterocycles. The van der Waals surface area contributed by atoms with Gasteiger partial charge in [-0.05, 0) is 30.2 Å². The summed E-state index contributed by atoms with van der Waals surface area (Å²) in [5, 5.41) is 3.51. The number of carbonyl (C=O) groups excluding carboxylic acids is 1. The number of ketones is 1. The van der Waals surface area contributed by atoms with Crippen LogP contribution in [-0.2, 0) is 4.79 Å². The van der Waals surface area contributed by atoms with Crippen molar-refractivity contribution in [2.24, 2.45) is 11.8 Å². The molecule has 0 saturated carbocycles. The van der Waals surface area contributed by atoms with Crippen LogP contribution in [0, 0.1) is 11.8 Å². The molecule has 1 aliphatic rings. The fraction of sp³-hybridized carbons (Fsp3) is 0.438. The zero-order chi connectivity index (χ0) is 14.1. The van der Waals surface area contributed by atoms with Crippen molar-refractivity contribution in [2.75, 3.05) is 0 Å². The minimum atomic E-state index is -0.0960. The Morgan fingerprint density at radius 3 is 2.35 bits per heavy atom. The summed E-state index contributed by atoms with van der Waals surface area (Å²) in [5.41, 5.74) is 0. The number of furan rings is 2. The largest absolute Gasteiger partial charge is 0.468 e. The normalized spacial score (nSPS) is 27.1. The first-order valence-electron chi connectivity index (χ1n) is 7.02. The van der Waals surface area contributed by atoms with Crippen LogP contribution in [0.3, 0.4) is 0 Å². The number of piperidine rings is 1. The molecule has 0 aromatic carbocycles. The Balaban J connectivity index is 1.91. The van der Waals surface area contributed by atoms with E-state index < -0.39 is 0 Å². The number of Topliss-reactive ketones (excluding diaryl/α,β-unsaturated/α-hetero) is 1. The lowest BCUT2D eigenvalue weighted by molar-refractivity contribution is -0.129. The van der Waals surface area contributed by atoms with E-state index >= 15 is 0 Å². The van der Waals surface area contributed by atoms with Gasteiger partial charge >= 0.3 is 0 Å². The van der Waals surface area contributed by atoms with Gasteiger partial charge in [0.1, 0.15) is 17.3 Å². The van der Waals surface area contributed by atoms with E-state index in [1.807, 2.05) is 24.3 Å². The summed E-state index contributed by atoms with van der Waals surface area (Å²) in [6.45, 7) is 4.15. The van der Waals surface area contributed by atoms with Crippen molar-refractivity contribution in [3.63, 3.8) is 0 Å². The van der Waals surface area contributed by atoms with E-state index in [0.29, 0.717) is 6.42 Å². The SMILES string of the molecule is CC(C)[C@@H]1C(=O)C[C@H](c2ccco2)N[C@@H]1c1ccco1. The van der Waals surface area contributed by atoms with Crippen LogP contribution in [0.4, 0.5) is 0 Å². The van der Waals surface area contributed by atoms with Gasteiger partial charge in [0.25, 0.3) is 0 Å². The molecule has 3 rings (SSSR count). The van der Waals surface area contributed by atoms with E-state index in [4.69, 9.17) is 8.83 Å². The molecule has 0 aliphatic carbocycles. The lowest BCUT2D eigenvalue weighted by atomic mass is 9.77. The number of hydrogen-bond donors (Lipinski definition) is 1. The predicted octanol–water partition coefficient (Wildman–Crippen LogP) is 3.49. The van der Waals surface area contributed by atoms with Gasteiger partial charge < -0.3 is 8.83 Å². The van der Waals surface area contributed by atoms with Gasteiger partial charge in [-0.15, -0.1) is 0 Å². The van der Waals surface area contributed by atoms with Crippen LogP contribution >= 0.6 is 0 Å². The highest BCUT2D eigenvalue weighted by Crippen LogP contribution is 2.38. The third-order valence-corrected chi connectivity index (χ3v) is 3.97. The Labute approximate surface area is 118 Å². The molecule has 2 aromatic heterocycles. The number of carbonyl (C=O) groups is 1. The second kappa shape index (κ2) is 5.29. The molecule has 3 heterocycles. The molecule has 0 spiro atoms. The fourth-order valence-corrected chi connectivity index (χ4v) is 3.06. The molecule has 106 valence electrons. The van der Waals surface area contributed by atoms with Gasteiger partial charge in [-0.3, -0.25) is 10.1 Å². The summed E-state index contributed by atoms with van der Waals surface area (Å²) in [4.78, 5) is 12.5. The Morgan fingerprint density at radius 1 is 1.15 bits per heavy atom. The zero-order valence-electron chi connectivity index (χ0n) is 11.7. The third kappa shape index (κ3) is 2.31. The average Bonchev–Trinajstić information content (AvgIpc) is 3.11. The second-order valence-electron chi connectivity index (χ2n) is 5.67. The first-order chi connectivity index (χ1) is 9.66. The molecular weight excluding hydrogens is 254 g/mol. The van der Waals surface area contributed by atoms with Crippen molar-refractivity contribution in [2.45, 2.75) is 32.4 Å². The van der Waals surface area contributed by atoms with Crippen molar-refractivity contribution in [1.82, 2.24) is 5.32 Å². The molecule has 2 aromatic rings. The summed E-state index contributed by atoms with van der Waals surface area (Å²) < 4.78 is 11.0. The van der Waals surface area contributed by atoms with Crippen molar-refractivity contribution < 1.29 is 13.6 Å². The van der Waals surface area contributed by atoms with E-state index in [1.54, 1.807) is 12.5 Å². The van der Waals surface area contributed by atoms with E-state index in [2.05, 4.69) is 19.2 Å². The maximum absolute atomic E-state index is 12.5. The van der Waals surface area contributed by atoms with E-state index in [9.17, 15) is 4.79 Å². The topological polar surface area (TPSA) is 55.4 Å². The number of hydrogen-bond acceptors (Lipinski definition) is 4. The molecule has 20 heavy (non-hydrogen) atoms. The van der Waals surface area contributed by atoms with Crippen LogP contribution in [0.15, 0.2) is 45.6 Å². The van der Waals surface area contributed by atoms with Gasteiger partial charge in [-0.25, -0.2) is 0 Å². The lowest BCUT2D eigenvalue weighted by Gasteiger charge is -2.36. The van der Waals surface area contributed by atoms with Crippen LogP contribution in [0.2, 0.25) is 0 Å². The molecule has 0 radical (unpaired) electrons. The van der Waals surface area contributed by atoms with Gasteiger partial charge in [0.2, 0.25) is 0 Å². The Morgan fingerprint density at radius 2 is 1.80 bits per heavy atom. The Kier molecular flexibility index (Phi) is 3.49. The van der Waals surface area contributed by atoms with Crippen molar-refractivity contribution in [1.29, 1.82) is 0 Å². The van der Waals surface area contributed by atoms with Crippen molar-refractivity contribution >= 4 is 5.78 Å². The van der Waals surface area contributed by atoms with Crippen LogP contribution in [0.1, 0.15) is 43.9 Å². The van der Waals surface area contributed by atoms with E-state index in [0.717, 1.165) is 11.5 Å². The molecule has 3 atom stereocenters. The number of nitrogens with one attached hydrogen (secondary N) is 1. The average molecular weight is 273 g/mol. The van der Waals surface area contributed by atoms with Gasteiger partial charge in [0.15, 0.2) is 0 Å². The highest BCUT2D eigenvalue weighted by molar-refractivity contribution is 5.83. The van der Waals surface area contributed by atoms with Gasteiger partial charge in [0, 0.05) is 12.3 Å². The van der Waals surface area contributed by atoms with E-state index in [-0.39, 0.29) is 29.7 Å². The molecule has 1 N–H and O–H groups in total. The predicted molar refractivity (Wildman–Crippen MR) is 74.0 cm³/mol. The van der Waals surface area contributed by atoms with Crippen LogP contribution in [0.5, 0.6) is 0 Å². The van der Waals surface area contributed by atoms with Gasteiger partial charge in [-0.2, -0.15) is 0 Å². The summed E-state index contributed by atoms with van der Waals surface area (Å²) in [5.74, 6) is 2.09. The quantitative estimate of drug-likeness (QED) is 0.930. The standard InChI is InChI=1S/C16H19NO3/c1-10(2)15-12(18)9-11(13-5-3-7-19-13)17-16(15)14-6-4-8-20-14/h3-8,10-11,15-17H,9H2,1-2H3/t11-,15-,16-/m1/s1. The molecule has 0 bridgehead atoms. The maximum Gasteiger partial charge on any atom is 0.140 e. The van der Waals surface area contributed by atoms with Crippen molar-refractivity contribution in [3.05, 3.63) is 48.3 Å². The monoisotopic (exact) mass is 273 g/mol. The molecule has 1 fully saturated rings. The first-order valence-corrected chi connectivity index (χ1v) is 7.02. The molecule has 0 amide bonds. The Bertz CT molecular complexity index is 557. The maximum atomic E-state index is 12.5. The minimum absolute atomic E-state index is 0.0626. The highest BCUT2D eigenvalue weighted by atomic mass is 16.3. The van der Waals surface area contributed by atoms with Crippen LogP contribution in [0.25, 0.3) is 0 Å². The molecule has 4 nitrogen and oxygen atoms in total.